The first-order chi connectivity index (χ1) is 16.0. The Kier molecular flexibility index (Phi) is 5.78. The van der Waals surface area contributed by atoms with Gasteiger partial charge in [-0.05, 0) is 56.0 Å². The largest absolute Gasteiger partial charge is 0.396 e. The summed E-state index contributed by atoms with van der Waals surface area (Å²) in [5, 5.41) is 17.1. The monoisotopic (exact) mass is 454 g/mol. The minimum Gasteiger partial charge on any atom is -0.396 e. The predicted molar refractivity (Wildman–Crippen MR) is 121 cm³/mol. The van der Waals surface area contributed by atoms with Gasteiger partial charge in [0.25, 0.3) is 5.91 Å². The standard InChI is InChI=1S/C25H28F2N4O2/c26-17-5-6-21(27)19(12-17)22-4-3-10-30(22)18-7-11-31-23(13-18)20(14-29-31)24(33)28-15-25(16-32)8-1-2-9-25/h5-7,11-14,22,32H,1-4,8-10,15-16H2,(H,28,33). The van der Waals surface area contributed by atoms with Crippen LogP contribution in [0, 0.1) is 17.0 Å². The van der Waals surface area contributed by atoms with E-state index in [9.17, 15) is 18.7 Å². The minimum absolute atomic E-state index is 0.0686. The molecule has 5 rings (SSSR count). The summed E-state index contributed by atoms with van der Waals surface area (Å²) >= 11 is 0. The van der Waals surface area contributed by atoms with E-state index in [1.807, 2.05) is 12.1 Å². The Bertz CT molecular complexity index is 1170. The van der Waals surface area contributed by atoms with Crippen molar-refractivity contribution in [1.82, 2.24) is 14.9 Å². The van der Waals surface area contributed by atoms with Crippen LogP contribution in [0.3, 0.4) is 0 Å². The molecule has 1 aliphatic heterocycles. The lowest BCUT2D eigenvalue weighted by atomic mass is 9.87. The fraction of sp³-hybridized carbons (Fsp3) is 0.440. The maximum absolute atomic E-state index is 14.5. The molecule has 1 atom stereocenters. The summed E-state index contributed by atoms with van der Waals surface area (Å²) in [7, 11) is 0. The summed E-state index contributed by atoms with van der Waals surface area (Å²) in [6, 6.07) is 7.08. The van der Waals surface area contributed by atoms with Crippen molar-refractivity contribution in [2.75, 3.05) is 24.6 Å². The quantitative estimate of drug-likeness (QED) is 0.585. The summed E-state index contributed by atoms with van der Waals surface area (Å²) in [5.41, 5.74) is 2.06. The van der Waals surface area contributed by atoms with Crippen molar-refractivity contribution < 1.29 is 18.7 Å². The molecule has 8 heteroatoms. The highest BCUT2D eigenvalue weighted by Gasteiger charge is 2.34. The number of carbonyl (C=O) groups excluding carboxylic acids is 1. The number of aromatic nitrogens is 2. The maximum Gasteiger partial charge on any atom is 0.255 e. The molecule has 6 nitrogen and oxygen atoms in total. The zero-order chi connectivity index (χ0) is 23.0. The number of nitrogens with zero attached hydrogens (tertiary/aromatic N) is 3. The number of anilines is 1. The first kappa shape index (κ1) is 21.8. The van der Waals surface area contributed by atoms with E-state index in [2.05, 4.69) is 15.3 Å². The van der Waals surface area contributed by atoms with Crippen molar-refractivity contribution in [3.63, 3.8) is 0 Å². The Labute approximate surface area is 191 Å². The third-order valence-electron chi connectivity index (χ3n) is 7.27. The van der Waals surface area contributed by atoms with Gasteiger partial charge in [-0.15, -0.1) is 0 Å². The van der Waals surface area contributed by atoms with E-state index in [0.717, 1.165) is 50.3 Å². The van der Waals surface area contributed by atoms with Gasteiger partial charge < -0.3 is 15.3 Å². The second-order valence-electron chi connectivity index (χ2n) is 9.34. The molecular formula is C25H28F2N4O2. The number of halogens is 2. The molecular weight excluding hydrogens is 426 g/mol. The molecule has 33 heavy (non-hydrogen) atoms. The second kappa shape index (κ2) is 8.74. The van der Waals surface area contributed by atoms with Crippen LogP contribution in [0.1, 0.15) is 60.5 Å². The van der Waals surface area contributed by atoms with E-state index in [0.29, 0.717) is 29.7 Å². The van der Waals surface area contributed by atoms with Gasteiger partial charge in [0.15, 0.2) is 0 Å². The molecule has 2 N–H and O–H groups in total. The minimum atomic E-state index is -0.452. The van der Waals surface area contributed by atoms with Gasteiger partial charge in [0, 0.05) is 36.0 Å². The fourth-order valence-electron chi connectivity index (χ4n) is 5.37. The van der Waals surface area contributed by atoms with E-state index in [1.165, 1.54) is 12.1 Å². The SMILES string of the molecule is O=C(NCC1(CO)CCCC1)c1cnn2ccc(N3CCCC3c3cc(F)ccc3F)cc12. The van der Waals surface area contributed by atoms with Crippen LogP contribution < -0.4 is 10.2 Å². The van der Waals surface area contributed by atoms with Crippen LogP contribution in [0.4, 0.5) is 14.5 Å². The van der Waals surface area contributed by atoms with Gasteiger partial charge in [-0.2, -0.15) is 5.10 Å². The average Bonchev–Trinajstić information content (AvgIpc) is 3.58. The van der Waals surface area contributed by atoms with Gasteiger partial charge >= 0.3 is 0 Å². The molecule has 0 spiro atoms. The van der Waals surface area contributed by atoms with Crippen LogP contribution in [0.5, 0.6) is 0 Å². The van der Waals surface area contributed by atoms with Crippen LogP contribution in [0.2, 0.25) is 0 Å². The third-order valence-corrected chi connectivity index (χ3v) is 7.27. The molecule has 2 aliphatic rings. The summed E-state index contributed by atoms with van der Waals surface area (Å²) in [5.74, 6) is -1.09. The number of aliphatic hydroxyl groups excluding tert-OH is 1. The van der Waals surface area contributed by atoms with Crippen molar-refractivity contribution in [3.8, 4) is 0 Å². The molecule has 1 aromatic carbocycles. The van der Waals surface area contributed by atoms with E-state index >= 15 is 0 Å². The molecule has 3 heterocycles. The number of aliphatic hydroxyl groups is 1. The fourth-order valence-corrected chi connectivity index (χ4v) is 5.37. The molecule has 1 amide bonds. The number of amides is 1. The number of carbonyl (C=O) groups is 1. The van der Waals surface area contributed by atoms with E-state index in [1.54, 1.807) is 16.9 Å². The van der Waals surface area contributed by atoms with E-state index in [-0.39, 0.29) is 24.0 Å². The number of rotatable bonds is 6. The zero-order valence-corrected chi connectivity index (χ0v) is 18.4. The Morgan fingerprint density at radius 1 is 1.18 bits per heavy atom. The van der Waals surface area contributed by atoms with Gasteiger partial charge in [0.05, 0.1) is 29.9 Å². The van der Waals surface area contributed by atoms with Crippen molar-refractivity contribution in [1.29, 1.82) is 0 Å². The lowest BCUT2D eigenvalue weighted by Gasteiger charge is -2.28. The van der Waals surface area contributed by atoms with Crippen LogP contribution in [0.15, 0.2) is 42.7 Å². The maximum atomic E-state index is 14.5. The first-order valence-electron chi connectivity index (χ1n) is 11.6. The molecule has 1 unspecified atom stereocenters. The normalized spacial score (nSPS) is 20.0. The highest BCUT2D eigenvalue weighted by Crippen LogP contribution is 2.39. The lowest BCUT2D eigenvalue weighted by Crippen LogP contribution is -2.38. The van der Waals surface area contributed by atoms with Gasteiger partial charge in [0.1, 0.15) is 11.6 Å². The van der Waals surface area contributed by atoms with Gasteiger partial charge in [-0.3, -0.25) is 4.79 Å². The molecule has 174 valence electrons. The van der Waals surface area contributed by atoms with E-state index in [4.69, 9.17) is 0 Å². The molecule has 1 saturated heterocycles. The highest BCUT2D eigenvalue weighted by atomic mass is 19.1. The number of hydrogen-bond acceptors (Lipinski definition) is 4. The Balaban J connectivity index is 1.41. The number of fused-ring (bicyclic) bond motifs is 1. The van der Waals surface area contributed by atoms with Crippen molar-refractivity contribution in [2.45, 2.75) is 44.6 Å². The van der Waals surface area contributed by atoms with Crippen molar-refractivity contribution >= 4 is 17.1 Å². The van der Waals surface area contributed by atoms with Crippen LogP contribution in [-0.4, -0.2) is 40.3 Å². The second-order valence-corrected chi connectivity index (χ2v) is 9.34. The van der Waals surface area contributed by atoms with Crippen molar-refractivity contribution in [3.05, 3.63) is 65.5 Å². The summed E-state index contributed by atoms with van der Waals surface area (Å²) < 4.78 is 29.9. The number of hydrogen-bond donors (Lipinski definition) is 2. The molecule has 3 aromatic rings. The number of benzene rings is 1. The number of nitrogens with one attached hydrogen (secondary N) is 1. The molecule has 1 aliphatic carbocycles. The van der Waals surface area contributed by atoms with Gasteiger partial charge in [0.2, 0.25) is 0 Å². The summed E-state index contributed by atoms with van der Waals surface area (Å²) in [4.78, 5) is 15.0. The predicted octanol–water partition coefficient (Wildman–Crippen LogP) is 4.24. The van der Waals surface area contributed by atoms with Crippen LogP contribution in [0.25, 0.3) is 5.52 Å². The first-order valence-corrected chi connectivity index (χ1v) is 11.6. The molecule has 2 fully saturated rings. The van der Waals surface area contributed by atoms with Crippen LogP contribution in [-0.2, 0) is 0 Å². The molecule has 2 aromatic heterocycles. The number of pyridine rings is 1. The zero-order valence-electron chi connectivity index (χ0n) is 18.4. The summed E-state index contributed by atoms with van der Waals surface area (Å²) in [6.07, 6.45) is 8.88. The van der Waals surface area contributed by atoms with Gasteiger partial charge in [-0.1, -0.05) is 12.8 Å². The average molecular weight is 455 g/mol. The third kappa shape index (κ3) is 4.08. The Morgan fingerprint density at radius 3 is 2.79 bits per heavy atom. The Hall–Kier alpha value is -3.00. The van der Waals surface area contributed by atoms with Crippen molar-refractivity contribution in [2.24, 2.45) is 5.41 Å². The summed E-state index contributed by atoms with van der Waals surface area (Å²) in [6.45, 7) is 1.22. The highest BCUT2D eigenvalue weighted by molar-refractivity contribution is 6.01. The lowest BCUT2D eigenvalue weighted by molar-refractivity contribution is 0.0882. The van der Waals surface area contributed by atoms with E-state index < -0.39 is 11.6 Å². The molecule has 0 radical (unpaired) electrons. The Morgan fingerprint density at radius 2 is 2.00 bits per heavy atom. The molecule has 1 saturated carbocycles. The molecule has 0 bridgehead atoms. The smallest absolute Gasteiger partial charge is 0.255 e. The van der Waals surface area contributed by atoms with Gasteiger partial charge in [-0.25, -0.2) is 13.3 Å². The van der Waals surface area contributed by atoms with Crippen LogP contribution >= 0.6 is 0 Å². The topological polar surface area (TPSA) is 69.9 Å².